The van der Waals surface area contributed by atoms with Crippen LogP contribution in [-0.2, 0) is 9.53 Å². The van der Waals surface area contributed by atoms with Gasteiger partial charge in [-0.3, -0.25) is 10.1 Å². The molecule has 7 nitrogen and oxygen atoms in total. The molecule has 20 heavy (non-hydrogen) atoms. The van der Waals surface area contributed by atoms with Crippen LogP contribution in [0.2, 0.25) is 0 Å². The molecule has 1 aromatic carbocycles. The van der Waals surface area contributed by atoms with Gasteiger partial charge in [-0.25, -0.2) is 4.79 Å². The van der Waals surface area contributed by atoms with Gasteiger partial charge in [-0.15, -0.1) is 0 Å². The van der Waals surface area contributed by atoms with E-state index in [0.29, 0.717) is 24.2 Å². The summed E-state index contributed by atoms with van der Waals surface area (Å²) in [6.45, 7) is 1.80. The highest BCUT2D eigenvalue weighted by Gasteiger charge is 2.31. The number of nitro benzene ring substituents is 1. The van der Waals surface area contributed by atoms with Crippen LogP contribution in [0.4, 0.5) is 5.69 Å². The number of carboxylic acids is 1. The monoisotopic (exact) mass is 281 g/mol. The highest BCUT2D eigenvalue weighted by atomic mass is 16.6. The summed E-state index contributed by atoms with van der Waals surface area (Å²) in [6.07, 6.45) is -0.0213. The molecule has 2 atom stereocenters. The van der Waals surface area contributed by atoms with Crippen LogP contribution in [0.15, 0.2) is 18.2 Å². The fourth-order valence-electron chi connectivity index (χ4n) is 2.15. The van der Waals surface area contributed by atoms with Crippen molar-refractivity contribution in [3.05, 3.63) is 33.9 Å². The van der Waals surface area contributed by atoms with Crippen LogP contribution in [0, 0.1) is 17.0 Å². The predicted octanol–water partition coefficient (Wildman–Crippen LogP) is 1.91. The largest absolute Gasteiger partial charge is 0.490 e. The van der Waals surface area contributed by atoms with Crippen LogP contribution in [0.25, 0.3) is 0 Å². The number of nitrogens with zero attached hydrogens (tertiary/aromatic N) is 1. The number of carbonyl (C=O) groups is 1. The lowest BCUT2D eigenvalue weighted by molar-refractivity contribution is -0.385. The second kappa shape index (κ2) is 5.87. The summed E-state index contributed by atoms with van der Waals surface area (Å²) in [4.78, 5) is 21.1. The average Bonchev–Trinajstić information content (AvgIpc) is 2.86. The van der Waals surface area contributed by atoms with Crippen LogP contribution in [0.3, 0.4) is 0 Å². The molecule has 1 saturated heterocycles. The molecule has 1 N–H and O–H groups in total. The third kappa shape index (κ3) is 3.05. The molecule has 0 spiro atoms. The standard InChI is InChI=1S/C13H15NO6/c1-8-10(14(17)18)3-2-4-11(8)19-7-9-5-6-12(20-9)13(15)16/h2-4,9,12H,5-7H2,1H3,(H,15,16). The Morgan fingerprint density at radius 3 is 2.90 bits per heavy atom. The molecule has 1 aliphatic heterocycles. The molecule has 0 aromatic heterocycles. The Morgan fingerprint density at radius 1 is 1.55 bits per heavy atom. The van der Waals surface area contributed by atoms with Crippen molar-refractivity contribution >= 4 is 11.7 Å². The summed E-state index contributed by atoms with van der Waals surface area (Å²) in [7, 11) is 0. The van der Waals surface area contributed by atoms with Gasteiger partial charge in [-0.2, -0.15) is 0 Å². The van der Waals surface area contributed by atoms with Crippen LogP contribution in [0.5, 0.6) is 5.75 Å². The van der Waals surface area contributed by atoms with Gasteiger partial charge in [0.1, 0.15) is 12.4 Å². The lowest BCUT2D eigenvalue weighted by atomic mass is 10.2. The number of carboxylic acid groups (broad SMARTS) is 1. The third-order valence-electron chi connectivity index (χ3n) is 3.26. The Morgan fingerprint density at radius 2 is 2.30 bits per heavy atom. The molecule has 0 aliphatic carbocycles. The number of benzene rings is 1. The summed E-state index contributed by atoms with van der Waals surface area (Å²) >= 11 is 0. The van der Waals surface area contributed by atoms with Crippen molar-refractivity contribution < 1.29 is 24.3 Å². The summed E-state index contributed by atoms with van der Waals surface area (Å²) in [6, 6.07) is 4.61. The molecule has 2 rings (SSSR count). The number of rotatable bonds is 5. The van der Waals surface area contributed by atoms with Gasteiger partial charge in [0.2, 0.25) is 0 Å². The van der Waals surface area contributed by atoms with E-state index in [0.717, 1.165) is 0 Å². The topological polar surface area (TPSA) is 98.9 Å². The SMILES string of the molecule is Cc1c(OCC2CCC(C(=O)O)O2)cccc1[N+](=O)[O-]. The lowest BCUT2D eigenvalue weighted by Crippen LogP contribution is -2.23. The van der Waals surface area contributed by atoms with E-state index in [1.807, 2.05) is 0 Å². The number of hydrogen-bond donors (Lipinski definition) is 1. The van der Waals surface area contributed by atoms with Gasteiger partial charge >= 0.3 is 5.97 Å². The first-order chi connectivity index (χ1) is 9.49. The van der Waals surface area contributed by atoms with Crippen molar-refractivity contribution in [3.63, 3.8) is 0 Å². The molecule has 0 bridgehead atoms. The van der Waals surface area contributed by atoms with Crippen molar-refractivity contribution in [2.45, 2.75) is 32.0 Å². The zero-order valence-electron chi connectivity index (χ0n) is 10.9. The van der Waals surface area contributed by atoms with Gasteiger partial charge in [0.15, 0.2) is 6.10 Å². The maximum atomic E-state index is 10.8. The number of aliphatic carboxylic acids is 1. The predicted molar refractivity (Wildman–Crippen MR) is 68.9 cm³/mol. The zero-order chi connectivity index (χ0) is 14.7. The van der Waals surface area contributed by atoms with Crippen molar-refractivity contribution in [2.75, 3.05) is 6.61 Å². The normalized spacial score (nSPS) is 21.6. The van der Waals surface area contributed by atoms with Crippen molar-refractivity contribution in [2.24, 2.45) is 0 Å². The molecule has 1 fully saturated rings. The fourth-order valence-corrected chi connectivity index (χ4v) is 2.15. The fraction of sp³-hybridized carbons (Fsp3) is 0.462. The van der Waals surface area contributed by atoms with Crippen molar-refractivity contribution in [1.29, 1.82) is 0 Å². The smallest absolute Gasteiger partial charge is 0.332 e. The first kappa shape index (κ1) is 14.3. The second-order valence-corrected chi connectivity index (χ2v) is 4.63. The van der Waals surface area contributed by atoms with Crippen LogP contribution in [-0.4, -0.2) is 34.8 Å². The second-order valence-electron chi connectivity index (χ2n) is 4.63. The maximum absolute atomic E-state index is 10.8. The summed E-state index contributed by atoms with van der Waals surface area (Å²) in [5.41, 5.74) is 0.448. The minimum atomic E-state index is -0.973. The van der Waals surface area contributed by atoms with Gasteiger partial charge in [0.25, 0.3) is 5.69 Å². The Kier molecular flexibility index (Phi) is 4.19. The summed E-state index contributed by atoms with van der Waals surface area (Å²) in [5.74, 6) is -0.555. The van der Waals surface area contributed by atoms with E-state index in [1.54, 1.807) is 19.1 Å². The highest BCUT2D eigenvalue weighted by molar-refractivity contribution is 5.72. The zero-order valence-corrected chi connectivity index (χ0v) is 10.9. The van der Waals surface area contributed by atoms with E-state index in [-0.39, 0.29) is 18.4 Å². The minimum Gasteiger partial charge on any atom is -0.490 e. The van der Waals surface area contributed by atoms with Crippen molar-refractivity contribution in [3.8, 4) is 5.75 Å². The minimum absolute atomic E-state index is 0.00162. The Balaban J connectivity index is 1.97. The summed E-state index contributed by atoms with van der Waals surface area (Å²) in [5, 5.41) is 19.6. The van der Waals surface area contributed by atoms with E-state index >= 15 is 0 Å². The van der Waals surface area contributed by atoms with Crippen molar-refractivity contribution in [1.82, 2.24) is 0 Å². The van der Waals surface area contributed by atoms with Gasteiger partial charge in [0, 0.05) is 6.07 Å². The molecule has 1 aromatic rings. The lowest BCUT2D eigenvalue weighted by Gasteiger charge is -2.14. The Hall–Kier alpha value is -2.15. The molecular weight excluding hydrogens is 266 g/mol. The first-order valence-electron chi connectivity index (χ1n) is 6.24. The van der Waals surface area contributed by atoms with Gasteiger partial charge in [-0.05, 0) is 25.8 Å². The maximum Gasteiger partial charge on any atom is 0.332 e. The highest BCUT2D eigenvalue weighted by Crippen LogP contribution is 2.28. The average molecular weight is 281 g/mol. The molecule has 0 radical (unpaired) electrons. The first-order valence-corrected chi connectivity index (χ1v) is 6.24. The van der Waals surface area contributed by atoms with Gasteiger partial charge < -0.3 is 14.6 Å². The molecule has 1 heterocycles. The van der Waals surface area contributed by atoms with Crippen LogP contribution >= 0.6 is 0 Å². The molecule has 0 saturated carbocycles. The molecule has 0 amide bonds. The third-order valence-corrected chi connectivity index (χ3v) is 3.26. The van der Waals surface area contributed by atoms with Crippen LogP contribution < -0.4 is 4.74 Å². The van der Waals surface area contributed by atoms with Gasteiger partial charge in [-0.1, -0.05) is 6.07 Å². The Labute approximate surface area is 115 Å². The number of nitro groups is 1. The molecule has 7 heteroatoms. The molecular formula is C13H15NO6. The molecule has 1 aliphatic rings. The van der Waals surface area contributed by atoms with E-state index < -0.39 is 17.0 Å². The Bertz CT molecular complexity index is 530. The summed E-state index contributed by atoms with van der Waals surface area (Å²) < 4.78 is 10.8. The van der Waals surface area contributed by atoms with E-state index in [4.69, 9.17) is 14.6 Å². The number of ether oxygens (including phenoxy) is 2. The molecule has 2 unspecified atom stereocenters. The quantitative estimate of drug-likeness (QED) is 0.653. The molecule has 108 valence electrons. The van der Waals surface area contributed by atoms with E-state index in [1.165, 1.54) is 6.07 Å². The van der Waals surface area contributed by atoms with E-state index in [2.05, 4.69) is 0 Å². The van der Waals surface area contributed by atoms with E-state index in [9.17, 15) is 14.9 Å². The van der Waals surface area contributed by atoms with Crippen LogP contribution in [0.1, 0.15) is 18.4 Å². The number of hydrogen-bond acceptors (Lipinski definition) is 5. The van der Waals surface area contributed by atoms with Gasteiger partial charge in [0.05, 0.1) is 16.6 Å².